The molecule has 1 N–H and O–H groups in total. The maximum atomic E-state index is 10.9. The lowest BCUT2D eigenvalue weighted by molar-refractivity contribution is -0.385. The number of fused-ring (bicyclic) bond motifs is 1. The van der Waals surface area contributed by atoms with Crippen LogP contribution in [0.4, 0.5) is 5.69 Å². The number of nitrogens with zero attached hydrogens (tertiary/aromatic N) is 4. The van der Waals surface area contributed by atoms with Gasteiger partial charge in [0, 0.05) is 61.1 Å². The predicted octanol–water partition coefficient (Wildman–Crippen LogP) is 2.77. The number of hydrogen-bond acceptors (Lipinski definition) is 6. The summed E-state index contributed by atoms with van der Waals surface area (Å²) in [6, 6.07) is 4.63. The van der Waals surface area contributed by atoms with Gasteiger partial charge in [0.25, 0.3) is 0 Å². The van der Waals surface area contributed by atoms with Crippen molar-refractivity contribution in [2.75, 3.05) is 6.54 Å². The highest BCUT2D eigenvalue weighted by Gasteiger charge is 2.22. The van der Waals surface area contributed by atoms with Crippen molar-refractivity contribution in [3.05, 3.63) is 57.2 Å². The Hall–Kier alpha value is -2.54. The number of benzene rings is 1. The Morgan fingerprint density at radius 2 is 2.21 bits per heavy atom. The van der Waals surface area contributed by atoms with E-state index in [4.69, 9.17) is 0 Å². The number of phenols is 1. The molecule has 24 heavy (non-hydrogen) atoms. The number of phenolic OH excluding ortho intramolecular Hbond substituents is 1. The molecule has 0 saturated carbocycles. The van der Waals surface area contributed by atoms with Crippen LogP contribution in [0.5, 0.6) is 5.75 Å². The van der Waals surface area contributed by atoms with E-state index in [1.165, 1.54) is 6.07 Å². The minimum absolute atomic E-state index is 0.250. The molecular formula is C17H20N4O3. The summed E-state index contributed by atoms with van der Waals surface area (Å²) < 4.78 is 0. The molecule has 1 aromatic carbocycles. The average molecular weight is 328 g/mol. The molecule has 0 aliphatic carbocycles. The SMILES string of the molecule is CC(C)c1ncc2c(n1)CCN(Cc1cccc([N+](=O)[O-])c1O)C2. The second-order valence-corrected chi connectivity index (χ2v) is 6.36. The Labute approximate surface area is 140 Å². The third-order valence-electron chi connectivity index (χ3n) is 4.24. The number of nitro benzene ring substituents is 1. The molecule has 0 amide bonds. The summed E-state index contributed by atoms with van der Waals surface area (Å²) in [7, 11) is 0. The maximum Gasteiger partial charge on any atom is 0.311 e. The van der Waals surface area contributed by atoms with Crippen molar-refractivity contribution in [1.29, 1.82) is 0 Å². The Bertz CT molecular complexity index is 776. The normalized spacial score (nSPS) is 14.6. The molecule has 0 bridgehead atoms. The molecule has 0 radical (unpaired) electrons. The van der Waals surface area contributed by atoms with Crippen molar-refractivity contribution in [3.63, 3.8) is 0 Å². The van der Waals surface area contributed by atoms with E-state index < -0.39 is 4.92 Å². The van der Waals surface area contributed by atoms with Crippen molar-refractivity contribution in [3.8, 4) is 5.75 Å². The van der Waals surface area contributed by atoms with Crippen molar-refractivity contribution < 1.29 is 10.0 Å². The molecule has 2 heterocycles. The third-order valence-corrected chi connectivity index (χ3v) is 4.24. The molecule has 0 spiro atoms. The van der Waals surface area contributed by atoms with Gasteiger partial charge in [-0.05, 0) is 0 Å². The van der Waals surface area contributed by atoms with E-state index in [0.717, 1.165) is 30.0 Å². The topological polar surface area (TPSA) is 92.4 Å². The van der Waals surface area contributed by atoms with Crippen LogP contribution in [0.3, 0.4) is 0 Å². The van der Waals surface area contributed by atoms with Crippen molar-refractivity contribution >= 4 is 5.69 Å². The van der Waals surface area contributed by atoms with Crippen LogP contribution < -0.4 is 0 Å². The van der Waals surface area contributed by atoms with Crippen molar-refractivity contribution in [2.45, 2.75) is 39.3 Å². The zero-order valence-electron chi connectivity index (χ0n) is 13.8. The van der Waals surface area contributed by atoms with Gasteiger partial charge >= 0.3 is 5.69 Å². The summed E-state index contributed by atoms with van der Waals surface area (Å²) in [5.74, 6) is 0.911. The zero-order valence-corrected chi connectivity index (χ0v) is 13.8. The van der Waals surface area contributed by atoms with Crippen LogP contribution in [0, 0.1) is 10.1 Å². The first-order chi connectivity index (χ1) is 11.5. The van der Waals surface area contributed by atoms with E-state index in [9.17, 15) is 15.2 Å². The fraction of sp³-hybridized carbons (Fsp3) is 0.412. The summed E-state index contributed by atoms with van der Waals surface area (Å²) in [6.45, 7) is 6.07. The smallest absolute Gasteiger partial charge is 0.311 e. The summed E-state index contributed by atoms with van der Waals surface area (Å²) in [5.41, 5.74) is 2.46. The quantitative estimate of drug-likeness (QED) is 0.685. The van der Waals surface area contributed by atoms with E-state index in [1.54, 1.807) is 12.1 Å². The lowest BCUT2D eigenvalue weighted by atomic mass is 10.0. The highest BCUT2D eigenvalue weighted by Crippen LogP contribution is 2.31. The Morgan fingerprint density at radius 3 is 2.92 bits per heavy atom. The molecule has 0 atom stereocenters. The molecule has 0 saturated heterocycles. The van der Waals surface area contributed by atoms with Gasteiger partial charge < -0.3 is 5.11 Å². The first-order valence-electron chi connectivity index (χ1n) is 7.98. The summed E-state index contributed by atoms with van der Waals surface area (Å²) in [5, 5.41) is 21.0. The predicted molar refractivity (Wildman–Crippen MR) is 88.7 cm³/mol. The Kier molecular flexibility index (Phi) is 4.44. The van der Waals surface area contributed by atoms with Crippen LogP contribution in [0.15, 0.2) is 24.4 Å². The van der Waals surface area contributed by atoms with Gasteiger partial charge in [-0.3, -0.25) is 15.0 Å². The van der Waals surface area contributed by atoms with Crippen LogP contribution in [-0.4, -0.2) is 31.4 Å². The van der Waals surface area contributed by atoms with Crippen LogP contribution in [0.2, 0.25) is 0 Å². The minimum Gasteiger partial charge on any atom is -0.502 e. The second kappa shape index (κ2) is 6.52. The zero-order chi connectivity index (χ0) is 17.3. The van der Waals surface area contributed by atoms with E-state index in [2.05, 4.69) is 28.7 Å². The highest BCUT2D eigenvalue weighted by atomic mass is 16.6. The van der Waals surface area contributed by atoms with E-state index >= 15 is 0 Å². The van der Waals surface area contributed by atoms with Gasteiger partial charge in [-0.25, -0.2) is 9.97 Å². The summed E-state index contributed by atoms with van der Waals surface area (Å²) >= 11 is 0. The largest absolute Gasteiger partial charge is 0.502 e. The first-order valence-corrected chi connectivity index (χ1v) is 7.98. The van der Waals surface area contributed by atoms with Crippen molar-refractivity contribution in [1.82, 2.24) is 14.9 Å². The fourth-order valence-electron chi connectivity index (χ4n) is 2.90. The lowest BCUT2D eigenvalue weighted by Crippen LogP contribution is -2.31. The molecule has 7 heteroatoms. The van der Waals surface area contributed by atoms with Gasteiger partial charge in [-0.1, -0.05) is 26.0 Å². The molecule has 7 nitrogen and oxygen atoms in total. The first kappa shape index (κ1) is 16.3. The number of nitro groups is 1. The van der Waals surface area contributed by atoms with Crippen LogP contribution >= 0.6 is 0 Å². The van der Waals surface area contributed by atoms with Crippen LogP contribution in [-0.2, 0) is 19.5 Å². The van der Waals surface area contributed by atoms with Crippen LogP contribution in [0.25, 0.3) is 0 Å². The van der Waals surface area contributed by atoms with Gasteiger partial charge in [-0.15, -0.1) is 0 Å². The number of hydrogen-bond donors (Lipinski definition) is 1. The maximum absolute atomic E-state index is 10.9. The molecule has 3 rings (SSSR count). The molecule has 1 aliphatic heterocycles. The monoisotopic (exact) mass is 328 g/mol. The standard InChI is InChI=1S/C17H20N4O3/c1-11(2)17-18-8-13-10-20(7-6-14(13)19-17)9-12-4-3-5-15(16(12)22)21(23)24/h3-5,8,11,22H,6-7,9-10H2,1-2H3. The van der Waals surface area contributed by atoms with Gasteiger partial charge in [0.2, 0.25) is 0 Å². The van der Waals surface area contributed by atoms with E-state index in [-0.39, 0.29) is 11.4 Å². The molecule has 126 valence electrons. The van der Waals surface area contributed by atoms with Crippen LogP contribution in [0.1, 0.15) is 42.4 Å². The van der Waals surface area contributed by atoms with Gasteiger partial charge in [0.05, 0.1) is 4.92 Å². The average Bonchev–Trinajstić information content (AvgIpc) is 2.56. The van der Waals surface area contributed by atoms with Gasteiger partial charge in [0.15, 0.2) is 5.75 Å². The molecule has 2 aromatic rings. The number of rotatable bonds is 4. The van der Waals surface area contributed by atoms with Crippen molar-refractivity contribution in [2.24, 2.45) is 0 Å². The minimum atomic E-state index is -0.564. The number of para-hydroxylation sites is 1. The van der Waals surface area contributed by atoms with E-state index in [0.29, 0.717) is 24.6 Å². The van der Waals surface area contributed by atoms with Gasteiger partial charge in [0.1, 0.15) is 5.82 Å². The Morgan fingerprint density at radius 1 is 1.42 bits per heavy atom. The third kappa shape index (κ3) is 3.21. The van der Waals surface area contributed by atoms with E-state index in [1.807, 2.05) is 6.20 Å². The fourth-order valence-corrected chi connectivity index (χ4v) is 2.90. The molecule has 1 aliphatic rings. The number of aromatic hydroxyl groups is 1. The summed E-state index contributed by atoms with van der Waals surface area (Å²) in [6.07, 6.45) is 2.68. The molecule has 0 fully saturated rings. The molecular weight excluding hydrogens is 308 g/mol. The number of aromatic nitrogens is 2. The Balaban J connectivity index is 1.77. The molecule has 1 aromatic heterocycles. The summed E-state index contributed by atoms with van der Waals surface area (Å²) in [4.78, 5) is 21.6. The lowest BCUT2D eigenvalue weighted by Gasteiger charge is -2.28. The van der Waals surface area contributed by atoms with Gasteiger partial charge in [-0.2, -0.15) is 0 Å². The highest BCUT2D eigenvalue weighted by molar-refractivity contribution is 5.50. The molecule has 0 unspecified atom stereocenters. The second-order valence-electron chi connectivity index (χ2n) is 6.36.